The van der Waals surface area contributed by atoms with Gasteiger partial charge < -0.3 is 24.7 Å². The maximum Gasteiger partial charge on any atom is 0.254 e. The Morgan fingerprint density at radius 3 is 2.48 bits per heavy atom. The van der Waals surface area contributed by atoms with Gasteiger partial charge in [-0.2, -0.15) is 0 Å². The summed E-state index contributed by atoms with van der Waals surface area (Å²) in [6.45, 7) is -0.0546. The zero-order valence-corrected chi connectivity index (χ0v) is 17.6. The summed E-state index contributed by atoms with van der Waals surface area (Å²) in [5.74, 6) is 5.09. The number of ether oxygens (including phenoxy) is 3. The molecule has 1 amide bonds. The molecule has 8 heteroatoms. The van der Waals surface area contributed by atoms with Gasteiger partial charge in [-0.05, 0) is 35.9 Å². The monoisotopic (exact) mass is 440 g/mol. The van der Waals surface area contributed by atoms with E-state index in [4.69, 9.17) is 38.7 Å². The fraction of sp³-hybridized carbons (Fsp3) is 0.217. The molecule has 0 aliphatic carbocycles. The Morgan fingerprint density at radius 1 is 1.16 bits per heavy atom. The second-order valence-corrected chi connectivity index (χ2v) is 6.51. The molecule has 2 N–H and O–H groups in total. The number of benzene rings is 2. The predicted molar refractivity (Wildman–Crippen MR) is 118 cm³/mol. The smallest absolute Gasteiger partial charge is 0.254 e. The van der Waals surface area contributed by atoms with Crippen molar-refractivity contribution in [2.75, 3.05) is 26.9 Å². The van der Waals surface area contributed by atoms with Crippen LogP contribution in [0.1, 0.15) is 17.2 Å². The van der Waals surface area contributed by atoms with Crippen molar-refractivity contribution in [3.8, 4) is 36.2 Å². The lowest BCUT2D eigenvalue weighted by atomic mass is 10.1. The van der Waals surface area contributed by atoms with Crippen molar-refractivity contribution in [2.45, 2.75) is 6.10 Å². The number of amides is 1. The number of rotatable bonds is 10. The van der Waals surface area contributed by atoms with Crippen LogP contribution in [0.4, 0.5) is 0 Å². The van der Waals surface area contributed by atoms with E-state index in [0.29, 0.717) is 27.6 Å². The fourth-order valence-electron chi connectivity index (χ4n) is 2.64. The van der Waals surface area contributed by atoms with Crippen molar-refractivity contribution in [2.24, 2.45) is 5.16 Å². The van der Waals surface area contributed by atoms with Gasteiger partial charge in [-0.1, -0.05) is 40.7 Å². The maximum absolute atomic E-state index is 12.7. The number of hydrogen-bond donors (Lipinski definition) is 2. The molecule has 0 saturated carbocycles. The van der Waals surface area contributed by atoms with Crippen LogP contribution in [0, 0.1) is 24.7 Å². The fourth-order valence-corrected chi connectivity index (χ4v) is 2.76. The Hall–Kier alpha value is -3.65. The highest BCUT2D eigenvalue weighted by Gasteiger charge is 2.22. The lowest BCUT2D eigenvalue weighted by molar-refractivity contribution is -0.132. The van der Waals surface area contributed by atoms with E-state index in [1.54, 1.807) is 42.5 Å². The molecule has 2 aromatic carbocycles. The number of methoxy groups -OCH3 is 1. The van der Waals surface area contributed by atoms with E-state index in [2.05, 4.69) is 22.3 Å². The van der Waals surface area contributed by atoms with Crippen LogP contribution in [0.25, 0.3) is 0 Å². The normalized spacial score (nSPS) is 11.7. The highest BCUT2D eigenvalue weighted by atomic mass is 35.5. The first kappa shape index (κ1) is 23.6. The van der Waals surface area contributed by atoms with Crippen LogP contribution >= 0.6 is 11.6 Å². The van der Waals surface area contributed by atoms with E-state index < -0.39 is 12.0 Å². The van der Waals surface area contributed by atoms with Crippen LogP contribution in [0.5, 0.6) is 11.5 Å². The van der Waals surface area contributed by atoms with Crippen molar-refractivity contribution in [3.63, 3.8) is 0 Å². The molecule has 0 saturated heterocycles. The van der Waals surface area contributed by atoms with Crippen LogP contribution in [-0.4, -0.2) is 43.7 Å². The average molecular weight is 441 g/mol. The second kappa shape index (κ2) is 12.1. The molecule has 0 aliphatic rings. The minimum Gasteiger partial charge on any atom is -0.493 e. The summed E-state index contributed by atoms with van der Waals surface area (Å²) in [5.41, 5.74) is 1.29. The standard InChI is InChI=1S/C23H21ClN2O5/c1-4-12-30-20-11-8-17(14-21(20)29-3)19(26-28)15-25-23(27)22(31-13-5-2)16-6-9-18(24)10-7-16/h1-2,6-11,14,22,28H,12-13,15H2,3H3,(H,25,27). The summed E-state index contributed by atoms with van der Waals surface area (Å²) in [4.78, 5) is 12.7. The lowest BCUT2D eigenvalue weighted by Crippen LogP contribution is -2.35. The van der Waals surface area contributed by atoms with Crippen LogP contribution in [-0.2, 0) is 9.53 Å². The van der Waals surface area contributed by atoms with Gasteiger partial charge in [-0.3, -0.25) is 4.79 Å². The molecule has 0 bridgehead atoms. The summed E-state index contributed by atoms with van der Waals surface area (Å²) < 4.78 is 16.2. The van der Waals surface area contributed by atoms with Gasteiger partial charge in [0, 0.05) is 10.6 Å². The number of terminal acetylenes is 2. The van der Waals surface area contributed by atoms with Crippen LogP contribution in [0.15, 0.2) is 47.6 Å². The zero-order chi connectivity index (χ0) is 22.6. The number of halogens is 1. The van der Waals surface area contributed by atoms with E-state index in [1.165, 1.54) is 7.11 Å². The highest BCUT2D eigenvalue weighted by molar-refractivity contribution is 6.30. The molecule has 0 fully saturated rings. The summed E-state index contributed by atoms with van der Waals surface area (Å²) >= 11 is 5.91. The molecule has 1 unspecified atom stereocenters. The van der Waals surface area contributed by atoms with Crippen molar-refractivity contribution in [1.29, 1.82) is 0 Å². The minimum atomic E-state index is -0.956. The Labute approximate surface area is 186 Å². The third kappa shape index (κ3) is 6.68. The summed E-state index contributed by atoms with van der Waals surface area (Å²) in [6.07, 6.45) is 9.50. The number of nitrogens with zero attached hydrogens (tertiary/aromatic N) is 1. The van der Waals surface area contributed by atoms with Crippen molar-refractivity contribution in [3.05, 3.63) is 58.6 Å². The van der Waals surface area contributed by atoms with Gasteiger partial charge in [0.15, 0.2) is 17.6 Å². The van der Waals surface area contributed by atoms with Crippen molar-refractivity contribution in [1.82, 2.24) is 5.32 Å². The highest BCUT2D eigenvalue weighted by Crippen LogP contribution is 2.28. The molecule has 7 nitrogen and oxygen atoms in total. The summed E-state index contributed by atoms with van der Waals surface area (Å²) in [7, 11) is 1.47. The zero-order valence-electron chi connectivity index (χ0n) is 16.8. The largest absolute Gasteiger partial charge is 0.493 e. The Kier molecular flexibility index (Phi) is 9.25. The van der Waals surface area contributed by atoms with Gasteiger partial charge in [-0.25, -0.2) is 0 Å². The van der Waals surface area contributed by atoms with Gasteiger partial charge in [0.1, 0.15) is 18.9 Å². The molecule has 0 radical (unpaired) electrons. The Morgan fingerprint density at radius 2 is 1.87 bits per heavy atom. The molecule has 0 spiro atoms. The second-order valence-electron chi connectivity index (χ2n) is 6.07. The van der Waals surface area contributed by atoms with E-state index in [9.17, 15) is 10.0 Å². The van der Waals surface area contributed by atoms with Gasteiger partial charge >= 0.3 is 0 Å². The topological polar surface area (TPSA) is 89.4 Å². The third-order valence-corrected chi connectivity index (χ3v) is 4.35. The van der Waals surface area contributed by atoms with Crippen molar-refractivity contribution >= 4 is 23.2 Å². The first-order valence-corrected chi connectivity index (χ1v) is 9.45. The summed E-state index contributed by atoms with van der Waals surface area (Å²) in [6, 6.07) is 11.5. The molecule has 2 rings (SSSR count). The lowest BCUT2D eigenvalue weighted by Gasteiger charge is -2.17. The summed E-state index contributed by atoms with van der Waals surface area (Å²) in [5, 5.41) is 16.0. The van der Waals surface area contributed by atoms with Crippen molar-refractivity contribution < 1.29 is 24.2 Å². The molecule has 2 aromatic rings. The van der Waals surface area contributed by atoms with Crippen LogP contribution in [0.3, 0.4) is 0 Å². The van der Waals surface area contributed by atoms with E-state index in [1.807, 2.05) is 0 Å². The Balaban J connectivity index is 2.14. The van der Waals surface area contributed by atoms with Crippen LogP contribution < -0.4 is 14.8 Å². The number of nitrogens with one attached hydrogen (secondary N) is 1. The Bertz CT molecular complexity index is 1010. The number of carbonyl (C=O) groups is 1. The molecule has 0 heterocycles. The molecular weight excluding hydrogens is 420 g/mol. The molecule has 0 aliphatic heterocycles. The number of carbonyl (C=O) groups excluding carboxylic acids is 1. The van der Waals surface area contributed by atoms with Gasteiger partial charge in [0.2, 0.25) is 0 Å². The third-order valence-electron chi connectivity index (χ3n) is 4.10. The predicted octanol–water partition coefficient (Wildman–Crippen LogP) is 3.05. The maximum atomic E-state index is 12.7. The molecular formula is C23H21ClN2O5. The average Bonchev–Trinajstić information content (AvgIpc) is 2.79. The number of oxime groups is 1. The quantitative estimate of drug-likeness (QED) is 0.256. The molecule has 31 heavy (non-hydrogen) atoms. The van der Waals surface area contributed by atoms with Gasteiger partial charge in [-0.15, -0.1) is 12.8 Å². The molecule has 160 valence electrons. The molecule has 1 atom stereocenters. The SMILES string of the molecule is C#CCOc1ccc(C(CNC(=O)C(OCC#C)c2ccc(Cl)cc2)=NO)cc1OC. The first-order chi connectivity index (χ1) is 15.0. The minimum absolute atomic E-state index is 0.0576. The molecule has 0 aromatic heterocycles. The van der Waals surface area contributed by atoms with Gasteiger partial charge in [0.05, 0.1) is 13.7 Å². The number of hydrogen-bond acceptors (Lipinski definition) is 6. The van der Waals surface area contributed by atoms with Crippen LogP contribution in [0.2, 0.25) is 5.02 Å². The van der Waals surface area contributed by atoms with E-state index in [0.717, 1.165) is 0 Å². The van der Waals surface area contributed by atoms with E-state index in [-0.39, 0.29) is 25.5 Å². The first-order valence-electron chi connectivity index (χ1n) is 9.07. The van der Waals surface area contributed by atoms with E-state index >= 15 is 0 Å². The van der Waals surface area contributed by atoms with Gasteiger partial charge in [0.25, 0.3) is 5.91 Å².